The van der Waals surface area contributed by atoms with Crippen LogP contribution in [0.25, 0.3) is 0 Å². The van der Waals surface area contributed by atoms with E-state index in [0.29, 0.717) is 24.2 Å². The number of Topliss-reactive ketones (excluding diaryl/α,β-unsaturated/α-hetero) is 1. The van der Waals surface area contributed by atoms with Crippen LogP contribution in [0.15, 0.2) is 22.7 Å². The molecule has 1 aromatic carbocycles. The molecule has 0 bridgehead atoms. The number of hydrogen-bond acceptors (Lipinski definition) is 5. The van der Waals surface area contributed by atoms with E-state index in [4.69, 9.17) is 9.47 Å². The third-order valence-corrected chi connectivity index (χ3v) is 4.36. The zero-order valence-electron chi connectivity index (χ0n) is 16.0. The van der Waals surface area contributed by atoms with Crippen LogP contribution in [0.5, 0.6) is 0 Å². The molecule has 27 heavy (non-hydrogen) atoms. The highest BCUT2D eigenvalue weighted by atomic mass is 79.9. The Morgan fingerprint density at radius 3 is 2.67 bits per heavy atom. The van der Waals surface area contributed by atoms with Crippen molar-refractivity contribution in [1.29, 1.82) is 0 Å². The Morgan fingerprint density at radius 2 is 2.04 bits per heavy atom. The molecule has 1 fully saturated rings. The van der Waals surface area contributed by atoms with Crippen molar-refractivity contribution in [3.05, 3.63) is 28.2 Å². The standard InChI is InChI=1S/C19H25BrN2O5/c1-5-15(23)13-7-6-12(20)10-14(13)21-17(24)16-11-22(8-9-26-16)18(25)27-19(2,3)4/h6-7,10,16H,5,8-9,11H2,1-4H3,(H,21,24). The Morgan fingerprint density at radius 1 is 1.33 bits per heavy atom. The first kappa shape index (κ1) is 21.4. The highest BCUT2D eigenvalue weighted by Gasteiger charge is 2.32. The Kier molecular flexibility index (Phi) is 7.00. The van der Waals surface area contributed by atoms with Gasteiger partial charge in [0, 0.05) is 23.0 Å². The van der Waals surface area contributed by atoms with Crippen LogP contribution < -0.4 is 5.32 Å². The summed E-state index contributed by atoms with van der Waals surface area (Å²) in [5.41, 5.74) is 0.242. The number of nitrogens with one attached hydrogen (secondary N) is 1. The van der Waals surface area contributed by atoms with Gasteiger partial charge in [-0.3, -0.25) is 9.59 Å². The quantitative estimate of drug-likeness (QED) is 0.722. The molecular weight excluding hydrogens is 416 g/mol. The molecule has 2 rings (SSSR count). The van der Waals surface area contributed by atoms with E-state index >= 15 is 0 Å². The summed E-state index contributed by atoms with van der Waals surface area (Å²) >= 11 is 3.35. The number of nitrogens with zero attached hydrogens (tertiary/aromatic N) is 1. The van der Waals surface area contributed by atoms with Gasteiger partial charge in [0.2, 0.25) is 0 Å². The predicted molar refractivity (Wildman–Crippen MR) is 105 cm³/mol. The van der Waals surface area contributed by atoms with E-state index in [1.807, 2.05) is 0 Å². The molecule has 8 heteroatoms. The number of halogens is 1. The van der Waals surface area contributed by atoms with E-state index in [9.17, 15) is 14.4 Å². The maximum atomic E-state index is 12.7. The average molecular weight is 441 g/mol. The number of ketones is 1. The lowest BCUT2D eigenvalue weighted by Gasteiger charge is -2.33. The summed E-state index contributed by atoms with van der Waals surface area (Å²) < 4.78 is 11.6. The van der Waals surface area contributed by atoms with Crippen molar-refractivity contribution in [1.82, 2.24) is 4.90 Å². The Labute approximate surface area is 167 Å². The van der Waals surface area contributed by atoms with Gasteiger partial charge in [-0.2, -0.15) is 0 Å². The maximum absolute atomic E-state index is 12.7. The summed E-state index contributed by atoms with van der Waals surface area (Å²) in [6.07, 6.45) is -0.987. The Bertz CT molecular complexity index is 729. The third-order valence-electron chi connectivity index (χ3n) is 3.87. The van der Waals surface area contributed by atoms with Crippen molar-refractivity contribution in [2.75, 3.05) is 25.0 Å². The van der Waals surface area contributed by atoms with Gasteiger partial charge in [0.05, 0.1) is 18.8 Å². The fourth-order valence-corrected chi connectivity index (χ4v) is 2.93. The minimum absolute atomic E-state index is 0.0715. The van der Waals surface area contributed by atoms with Gasteiger partial charge >= 0.3 is 6.09 Å². The molecule has 0 aliphatic carbocycles. The molecule has 0 radical (unpaired) electrons. The van der Waals surface area contributed by atoms with Crippen molar-refractivity contribution < 1.29 is 23.9 Å². The highest BCUT2D eigenvalue weighted by molar-refractivity contribution is 9.10. The van der Waals surface area contributed by atoms with Gasteiger partial charge in [-0.25, -0.2) is 4.79 Å². The van der Waals surface area contributed by atoms with Crippen LogP contribution in [-0.4, -0.2) is 54.1 Å². The Hall–Kier alpha value is -1.93. The number of rotatable bonds is 4. The van der Waals surface area contributed by atoms with Gasteiger partial charge in [0.25, 0.3) is 5.91 Å². The van der Waals surface area contributed by atoms with E-state index in [1.165, 1.54) is 4.90 Å². The topological polar surface area (TPSA) is 84.9 Å². The van der Waals surface area contributed by atoms with Crippen molar-refractivity contribution >= 4 is 39.4 Å². The maximum Gasteiger partial charge on any atom is 0.410 e. The van der Waals surface area contributed by atoms with E-state index < -0.39 is 23.7 Å². The number of carbonyl (C=O) groups excluding carboxylic acids is 3. The van der Waals surface area contributed by atoms with Crippen LogP contribution in [0.3, 0.4) is 0 Å². The summed E-state index contributed by atoms with van der Waals surface area (Å²) in [6.45, 7) is 7.80. The molecule has 0 spiro atoms. The van der Waals surface area contributed by atoms with Gasteiger partial charge < -0.3 is 19.7 Å². The van der Waals surface area contributed by atoms with Crippen LogP contribution in [0.2, 0.25) is 0 Å². The molecule has 1 unspecified atom stereocenters. The third kappa shape index (κ3) is 6.04. The van der Waals surface area contributed by atoms with E-state index in [2.05, 4.69) is 21.2 Å². The first-order chi connectivity index (χ1) is 12.6. The number of amides is 2. The number of anilines is 1. The number of carbonyl (C=O) groups is 3. The van der Waals surface area contributed by atoms with Crippen LogP contribution in [0.4, 0.5) is 10.5 Å². The van der Waals surface area contributed by atoms with E-state index in [1.54, 1.807) is 45.9 Å². The molecule has 1 aromatic rings. The molecule has 7 nitrogen and oxygen atoms in total. The van der Waals surface area contributed by atoms with E-state index in [0.717, 1.165) is 4.47 Å². The van der Waals surface area contributed by atoms with Crippen molar-refractivity contribution in [2.45, 2.75) is 45.8 Å². The summed E-state index contributed by atoms with van der Waals surface area (Å²) in [5.74, 6) is -0.482. The lowest BCUT2D eigenvalue weighted by Crippen LogP contribution is -2.51. The minimum atomic E-state index is -0.838. The molecular formula is C19H25BrN2O5. The number of ether oxygens (including phenoxy) is 2. The number of hydrogen-bond donors (Lipinski definition) is 1. The van der Waals surface area contributed by atoms with Gasteiger partial charge in [-0.05, 0) is 39.0 Å². The molecule has 1 heterocycles. The zero-order valence-corrected chi connectivity index (χ0v) is 17.6. The summed E-state index contributed by atoms with van der Waals surface area (Å²) in [4.78, 5) is 38.5. The fraction of sp³-hybridized carbons (Fsp3) is 0.526. The number of benzene rings is 1. The van der Waals surface area contributed by atoms with Gasteiger partial charge in [0.1, 0.15) is 5.60 Å². The van der Waals surface area contributed by atoms with Gasteiger partial charge in [-0.15, -0.1) is 0 Å². The molecule has 1 aliphatic rings. The second kappa shape index (κ2) is 8.84. The second-order valence-electron chi connectivity index (χ2n) is 7.24. The molecule has 1 atom stereocenters. The van der Waals surface area contributed by atoms with Crippen molar-refractivity contribution in [2.24, 2.45) is 0 Å². The smallest absolute Gasteiger partial charge is 0.410 e. The van der Waals surface area contributed by atoms with Crippen molar-refractivity contribution in [3.8, 4) is 0 Å². The van der Waals surface area contributed by atoms with Crippen LogP contribution in [0.1, 0.15) is 44.5 Å². The lowest BCUT2D eigenvalue weighted by atomic mass is 10.1. The lowest BCUT2D eigenvalue weighted by molar-refractivity contribution is -0.132. The molecule has 1 saturated heterocycles. The SMILES string of the molecule is CCC(=O)c1ccc(Br)cc1NC(=O)C1CN(C(=O)OC(C)(C)C)CCO1. The van der Waals surface area contributed by atoms with Gasteiger partial charge in [0.15, 0.2) is 11.9 Å². The number of morpholine rings is 1. The summed E-state index contributed by atoms with van der Waals surface area (Å²) in [7, 11) is 0. The van der Waals surface area contributed by atoms with E-state index in [-0.39, 0.29) is 18.9 Å². The fourth-order valence-electron chi connectivity index (χ4n) is 2.57. The predicted octanol–water partition coefficient (Wildman–Crippen LogP) is 3.62. The van der Waals surface area contributed by atoms with Crippen LogP contribution >= 0.6 is 15.9 Å². The molecule has 1 N–H and O–H groups in total. The van der Waals surface area contributed by atoms with Crippen LogP contribution in [-0.2, 0) is 14.3 Å². The molecule has 2 amide bonds. The second-order valence-corrected chi connectivity index (χ2v) is 8.16. The molecule has 0 saturated carbocycles. The Balaban J connectivity index is 2.09. The summed E-state index contributed by atoms with van der Waals surface area (Å²) in [6, 6.07) is 5.09. The highest BCUT2D eigenvalue weighted by Crippen LogP contribution is 2.24. The molecule has 1 aliphatic heterocycles. The van der Waals surface area contributed by atoms with Crippen molar-refractivity contribution in [3.63, 3.8) is 0 Å². The first-order valence-corrected chi connectivity index (χ1v) is 9.63. The molecule has 0 aromatic heterocycles. The van der Waals surface area contributed by atoms with Crippen LogP contribution in [0, 0.1) is 0 Å². The zero-order chi connectivity index (χ0) is 20.2. The monoisotopic (exact) mass is 440 g/mol. The van der Waals surface area contributed by atoms with Gasteiger partial charge in [-0.1, -0.05) is 22.9 Å². The largest absolute Gasteiger partial charge is 0.444 e. The minimum Gasteiger partial charge on any atom is -0.444 e. The summed E-state index contributed by atoms with van der Waals surface area (Å²) in [5, 5.41) is 2.75. The first-order valence-electron chi connectivity index (χ1n) is 8.84. The normalized spacial score (nSPS) is 17.4. The average Bonchev–Trinajstić information content (AvgIpc) is 2.60. The molecule has 148 valence electrons.